The number of hydrogen-bond acceptors (Lipinski definition) is 4. The average molecular weight is 323 g/mol. The Morgan fingerprint density at radius 2 is 1.96 bits per heavy atom. The van der Waals surface area contributed by atoms with E-state index in [9.17, 15) is 4.79 Å². The van der Waals surface area contributed by atoms with E-state index in [2.05, 4.69) is 10.1 Å². The van der Waals surface area contributed by atoms with E-state index in [0.717, 1.165) is 31.0 Å². The summed E-state index contributed by atoms with van der Waals surface area (Å²) in [5.74, 6) is 3.58. The molecule has 5 rings (SSSR count). The molecule has 0 N–H and O–H groups in total. The molecule has 2 bridgehead atoms. The molecule has 1 aromatic heterocycles. The number of amides is 1. The topological polar surface area (TPSA) is 59.2 Å². The van der Waals surface area contributed by atoms with Crippen LogP contribution >= 0.6 is 0 Å². The van der Waals surface area contributed by atoms with Gasteiger partial charge in [0.15, 0.2) is 0 Å². The first-order valence-corrected chi connectivity index (χ1v) is 8.96. The predicted octanol–water partition coefficient (Wildman–Crippen LogP) is 3.10. The average Bonchev–Trinajstić information content (AvgIpc) is 3.31. The zero-order valence-corrected chi connectivity index (χ0v) is 13.6. The summed E-state index contributed by atoms with van der Waals surface area (Å²) in [6.45, 7) is 1.45. The number of aromatic nitrogens is 2. The molecule has 24 heavy (non-hydrogen) atoms. The minimum absolute atomic E-state index is 0.192. The largest absolute Gasteiger partial charge is 0.341 e. The Hall–Kier alpha value is -2.17. The lowest BCUT2D eigenvalue weighted by atomic mass is 9.86. The van der Waals surface area contributed by atoms with Crippen LogP contribution in [0.15, 0.2) is 34.9 Å². The monoisotopic (exact) mass is 323 g/mol. The molecule has 1 aliphatic heterocycles. The van der Waals surface area contributed by atoms with Crippen molar-refractivity contribution >= 4 is 5.91 Å². The molecule has 0 spiro atoms. The zero-order valence-electron chi connectivity index (χ0n) is 13.6. The maximum Gasteiger partial charge on any atom is 0.233 e. The van der Waals surface area contributed by atoms with Gasteiger partial charge in [-0.3, -0.25) is 4.79 Å². The Balaban J connectivity index is 1.22. The number of carbonyl (C=O) groups is 1. The minimum Gasteiger partial charge on any atom is -0.341 e. The van der Waals surface area contributed by atoms with Crippen LogP contribution in [-0.2, 0) is 4.79 Å². The van der Waals surface area contributed by atoms with Crippen LogP contribution in [0.5, 0.6) is 0 Å². The summed E-state index contributed by atoms with van der Waals surface area (Å²) >= 11 is 0. The van der Waals surface area contributed by atoms with Gasteiger partial charge in [0.2, 0.25) is 17.6 Å². The molecule has 1 aromatic carbocycles. The molecular weight excluding hydrogens is 302 g/mol. The molecule has 3 fully saturated rings. The van der Waals surface area contributed by atoms with Crippen LogP contribution in [-0.4, -0.2) is 34.0 Å². The van der Waals surface area contributed by atoms with Gasteiger partial charge in [0.05, 0.1) is 5.92 Å². The number of hydrogen-bond donors (Lipinski definition) is 0. The fourth-order valence-electron chi connectivity index (χ4n) is 4.70. The van der Waals surface area contributed by atoms with Crippen LogP contribution in [0.1, 0.15) is 37.5 Å². The van der Waals surface area contributed by atoms with Gasteiger partial charge >= 0.3 is 0 Å². The highest BCUT2D eigenvalue weighted by Crippen LogP contribution is 2.49. The molecule has 2 aliphatic carbocycles. The second kappa shape index (κ2) is 5.43. The molecule has 1 amide bonds. The zero-order chi connectivity index (χ0) is 16.1. The predicted molar refractivity (Wildman–Crippen MR) is 88.0 cm³/mol. The third-order valence-corrected chi connectivity index (χ3v) is 6.07. The molecule has 1 saturated heterocycles. The molecule has 3 aliphatic rings. The lowest BCUT2D eigenvalue weighted by molar-refractivity contribution is -0.142. The van der Waals surface area contributed by atoms with E-state index >= 15 is 0 Å². The van der Waals surface area contributed by atoms with Crippen molar-refractivity contribution in [3.63, 3.8) is 0 Å². The fourth-order valence-corrected chi connectivity index (χ4v) is 4.70. The van der Waals surface area contributed by atoms with Gasteiger partial charge in [-0.2, -0.15) is 4.98 Å². The summed E-state index contributed by atoms with van der Waals surface area (Å²) in [7, 11) is 0. The molecule has 2 heterocycles. The van der Waals surface area contributed by atoms with E-state index in [1.54, 1.807) is 0 Å². The third-order valence-electron chi connectivity index (χ3n) is 6.07. The Kier molecular flexibility index (Phi) is 3.21. The number of carbonyl (C=O) groups excluding carboxylic acids is 1. The second-order valence-corrected chi connectivity index (χ2v) is 7.54. The normalized spacial score (nSPS) is 29.0. The van der Waals surface area contributed by atoms with Gasteiger partial charge in [0.25, 0.3) is 0 Å². The first kappa shape index (κ1) is 14.2. The molecule has 3 atom stereocenters. The van der Waals surface area contributed by atoms with E-state index < -0.39 is 0 Å². The highest BCUT2D eigenvalue weighted by atomic mass is 16.5. The number of fused-ring (bicyclic) bond motifs is 2. The maximum atomic E-state index is 12.7. The molecule has 5 nitrogen and oxygen atoms in total. The Morgan fingerprint density at radius 3 is 2.67 bits per heavy atom. The van der Waals surface area contributed by atoms with Crippen LogP contribution in [0.25, 0.3) is 11.4 Å². The van der Waals surface area contributed by atoms with Crippen LogP contribution in [0.4, 0.5) is 0 Å². The lowest BCUT2D eigenvalue weighted by Gasteiger charge is -2.40. The van der Waals surface area contributed by atoms with Gasteiger partial charge in [-0.25, -0.2) is 0 Å². The molecule has 2 saturated carbocycles. The van der Waals surface area contributed by atoms with Gasteiger partial charge in [-0.15, -0.1) is 0 Å². The summed E-state index contributed by atoms with van der Waals surface area (Å²) in [4.78, 5) is 19.2. The van der Waals surface area contributed by atoms with Crippen molar-refractivity contribution in [3.8, 4) is 11.4 Å². The van der Waals surface area contributed by atoms with Crippen molar-refractivity contribution in [2.45, 2.75) is 31.6 Å². The Labute approximate surface area is 141 Å². The van der Waals surface area contributed by atoms with Gasteiger partial charge in [0.1, 0.15) is 0 Å². The minimum atomic E-state index is 0.192. The fraction of sp³-hybridized carbons (Fsp3) is 0.526. The van der Waals surface area contributed by atoms with Crippen LogP contribution in [0, 0.1) is 17.8 Å². The molecule has 2 aromatic rings. The first-order valence-electron chi connectivity index (χ1n) is 8.96. The summed E-state index contributed by atoms with van der Waals surface area (Å²) < 4.78 is 5.43. The highest BCUT2D eigenvalue weighted by Gasteiger charge is 2.47. The standard InChI is InChI=1S/C19H21N3O2/c23-19(16-9-12-6-7-14(16)8-12)22-10-15(11-22)18-20-17(21-24-18)13-4-2-1-3-5-13/h1-5,12,14-16H,6-11H2/t12?,14?,16-/m1/s1. The third kappa shape index (κ3) is 2.26. The van der Waals surface area contributed by atoms with Gasteiger partial charge < -0.3 is 9.42 Å². The Morgan fingerprint density at radius 1 is 1.12 bits per heavy atom. The van der Waals surface area contributed by atoms with E-state index in [0.29, 0.717) is 23.5 Å². The van der Waals surface area contributed by atoms with Crippen LogP contribution in [0.2, 0.25) is 0 Å². The van der Waals surface area contributed by atoms with Crippen molar-refractivity contribution in [2.75, 3.05) is 13.1 Å². The number of benzene rings is 1. The summed E-state index contributed by atoms with van der Waals surface area (Å²) in [6.07, 6.45) is 4.98. The number of likely N-dealkylation sites (tertiary alicyclic amines) is 1. The smallest absolute Gasteiger partial charge is 0.233 e. The lowest BCUT2D eigenvalue weighted by Crippen LogP contribution is -2.51. The number of rotatable bonds is 3. The van der Waals surface area contributed by atoms with Crippen LogP contribution < -0.4 is 0 Å². The van der Waals surface area contributed by atoms with Crippen molar-refractivity contribution in [2.24, 2.45) is 17.8 Å². The van der Waals surface area contributed by atoms with E-state index in [-0.39, 0.29) is 11.8 Å². The van der Waals surface area contributed by atoms with Crippen molar-refractivity contribution in [3.05, 3.63) is 36.2 Å². The van der Waals surface area contributed by atoms with Crippen molar-refractivity contribution in [1.82, 2.24) is 15.0 Å². The molecule has 2 unspecified atom stereocenters. The number of nitrogens with zero attached hydrogens (tertiary/aromatic N) is 3. The SMILES string of the molecule is O=C([C@@H]1CC2CCC1C2)N1CC(c2nc(-c3ccccc3)no2)C1. The van der Waals surface area contributed by atoms with Gasteiger partial charge in [0, 0.05) is 24.6 Å². The first-order chi connectivity index (χ1) is 11.8. The van der Waals surface area contributed by atoms with Crippen molar-refractivity contribution in [1.29, 1.82) is 0 Å². The summed E-state index contributed by atoms with van der Waals surface area (Å²) in [6, 6.07) is 9.84. The molecule has 0 radical (unpaired) electrons. The highest BCUT2D eigenvalue weighted by molar-refractivity contribution is 5.80. The van der Waals surface area contributed by atoms with E-state index in [1.165, 1.54) is 19.3 Å². The van der Waals surface area contributed by atoms with E-state index in [1.807, 2.05) is 35.2 Å². The van der Waals surface area contributed by atoms with Gasteiger partial charge in [-0.1, -0.05) is 41.9 Å². The quantitative estimate of drug-likeness (QED) is 0.871. The van der Waals surface area contributed by atoms with Crippen LogP contribution in [0.3, 0.4) is 0 Å². The van der Waals surface area contributed by atoms with Crippen molar-refractivity contribution < 1.29 is 9.32 Å². The molecular formula is C19H21N3O2. The second-order valence-electron chi connectivity index (χ2n) is 7.54. The molecule has 5 heteroatoms. The van der Waals surface area contributed by atoms with E-state index in [4.69, 9.17) is 4.52 Å². The Bertz CT molecular complexity index is 751. The summed E-state index contributed by atoms with van der Waals surface area (Å²) in [5, 5.41) is 4.08. The van der Waals surface area contributed by atoms with Gasteiger partial charge in [-0.05, 0) is 31.1 Å². The summed E-state index contributed by atoms with van der Waals surface area (Å²) in [5.41, 5.74) is 0.960. The molecule has 124 valence electrons. The maximum absolute atomic E-state index is 12.7.